The predicted molar refractivity (Wildman–Crippen MR) is 73.9 cm³/mol. The highest BCUT2D eigenvalue weighted by Gasteiger charge is 2.23. The molecule has 3 nitrogen and oxygen atoms in total. The Labute approximate surface area is 108 Å². The zero-order valence-electron chi connectivity index (χ0n) is 11.2. The third kappa shape index (κ3) is 1.80. The molecule has 0 amide bonds. The second kappa shape index (κ2) is 4.16. The van der Waals surface area contributed by atoms with Gasteiger partial charge in [-0.3, -0.25) is 0 Å². The van der Waals surface area contributed by atoms with E-state index in [0.717, 1.165) is 18.9 Å². The number of hydrogen-bond acceptors (Lipinski definition) is 2. The van der Waals surface area contributed by atoms with Crippen molar-refractivity contribution in [3.8, 4) is 0 Å². The Bertz CT molecular complexity index is 554. The van der Waals surface area contributed by atoms with Gasteiger partial charge in [0.15, 0.2) is 0 Å². The van der Waals surface area contributed by atoms with Crippen molar-refractivity contribution in [1.29, 1.82) is 0 Å². The minimum absolute atomic E-state index is 0.484. The van der Waals surface area contributed by atoms with Crippen LogP contribution in [0.5, 0.6) is 0 Å². The second-order valence-electron chi connectivity index (χ2n) is 5.23. The second-order valence-corrected chi connectivity index (χ2v) is 5.23. The van der Waals surface area contributed by atoms with Crippen LogP contribution in [0.1, 0.15) is 30.0 Å². The summed E-state index contributed by atoms with van der Waals surface area (Å²) in [4.78, 5) is 6.86. The van der Waals surface area contributed by atoms with Crippen molar-refractivity contribution in [2.75, 3.05) is 11.4 Å². The van der Waals surface area contributed by atoms with Crippen LogP contribution < -0.4 is 4.90 Å². The minimum Gasteiger partial charge on any atom is -0.364 e. The molecule has 0 fully saturated rings. The van der Waals surface area contributed by atoms with Crippen LogP contribution in [0.25, 0.3) is 0 Å². The van der Waals surface area contributed by atoms with E-state index < -0.39 is 0 Å². The van der Waals surface area contributed by atoms with Gasteiger partial charge in [-0.25, -0.2) is 4.98 Å². The van der Waals surface area contributed by atoms with Gasteiger partial charge in [0.2, 0.25) is 0 Å². The Hall–Kier alpha value is -1.77. The van der Waals surface area contributed by atoms with Crippen molar-refractivity contribution in [3.05, 3.63) is 47.5 Å². The van der Waals surface area contributed by atoms with Crippen LogP contribution in [0.3, 0.4) is 0 Å². The van der Waals surface area contributed by atoms with Crippen molar-refractivity contribution in [3.63, 3.8) is 0 Å². The van der Waals surface area contributed by atoms with Crippen LogP contribution in [0, 0.1) is 13.8 Å². The number of nitrogens with zero attached hydrogens (tertiary/aromatic N) is 3. The van der Waals surface area contributed by atoms with E-state index in [1.807, 2.05) is 6.20 Å². The molecule has 18 heavy (non-hydrogen) atoms. The lowest BCUT2D eigenvalue weighted by atomic mass is 10.1. The average molecular weight is 241 g/mol. The Balaban J connectivity index is 1.92. The third-order valence-corrected chi connectivity index (χ3v) is 3.74. The first-order chi connectivity index (χ1) is 8.65. The third-order valence-electron chi connectivity index (χ3n) is 3.74. The first kappa shape index (κ1) is 11.3. The molecule has 0 radical (unpaired) electrons. The van der Waals surface area contributed by atoms with Crippen molar-refractivity contribution in [2.45, 2.75) is 33.4 Å². The number of anilines is 1. The smallest absolute Gasteiger partial charge is 0.106 e. The quantitative estimate of drug-likeness (QED) is 0.765. The molecule has 1 aliphatic heterocycles. The monoisotopic (exact) mass is 241 g/mol. The SMILES string of the molecule is Cc1ccc(N2Cc3cnc(C)n3C(C)C2)cc1. The first-order valence-corrected chi connectivity index (χ1v) is 6.49. The minimum atomic E-state index is 0.484. The first-order valence-electron chi connectivity index (χ1n) is 6.49. The number of aromatic nitrogens is 2. The van der Waals surface area contributed by atoms with Gasteiger partial charge in [-0.15, -0.1) is 0 Å². The summed E-state index contributed by atoms with van der Waals surface area (Å²) in [5.74, 6) is 1.13. The van der Waals surface area contributed by atoms with E-state index in [1.165, 1.54) is 16.9 Å². The van der Waals surface area contributed by atoms with Crippen molar-refractivity contribution < 1.29 is 0 Å². The highest BCUT2D eigenvalue weighted by atomic mass is 15.2. The average Bonchev–Trinajstić information content (AvgIpc) is 2.72. The fraction of sp³-hybridized carbons (Fsp3) is 0.400. The topological polar surface area (TPSA) is 21.1 Å². The molecule has 1 unspecified atom stereocenters. The zero-order valence-corrected chi connectivity index (χ0v) is 11.2. The molecule has 94 valence electrons. The Morgan fingerprint density at radius 1 is 1.17 bits per heavy atom. The molecule has 0 aliphatic carbocycles. The number of hydrogen-bond donors (Lipinski definition) is 0. The highest BCUT2D eigenvalue weighted by Crippen LogP contribution is 2.27. The number of benzene rings is 1. The van der Waals surface area contributed by atoms with E-state index in [2.05, 4.69) is 59.5 Å². The summed E-state index contributed by atoms with van der Waals surface area (Å²) in [6.07, 6.45) is 2.01. The molecule has 2 heterocycles. The van der Waals surface area contributed by atoms with E-state index in [-0.39, 0.29) is 0 Å². The fourth-order valence-corrected chi connectivity index (χ4v) is 2.83. The molecule has 0 bridgehead atoms. The number of rotatable bonds is 1. The summed E-state index contributed by atoms with van der Waals surface area (Å²) in [6.45, 7) is 8.47. The highest BCUT2D eigenvalue weighted by molar-refractivity contribution is 5.48. The number of fused-ring (bicyclic) bond motifs is 1. The predicted octanol–water partition coefficient (Wildman–Crippen LogP) is 3.08. The van der Waals surface area contributed by atoms with Crippen LogP contribution in [-0.4, -0.2) is 16.1 Å². The van der Waals surface area contributed by atoms with Gasteiger partial charge in [0.1, 0.15) is 5.82 Å². The zero-order chi connectivity index (χ0) is 12.7. The molecule has 3 heteroatoms. The van der Waals surface area contributed by atoms with Crippen LogP contribution in [0.15, 0.2) is 30.5 Å². The maximum Gasteiger partial charge on any atom is 0.106 e. The van der Waals surface area contributed by atoms with Crippen molar-refractivity contribution in [1.82, 2.24) is 9.55 Å². The van der Waals surface area contributed by atoms with Crippen molar-refractivity contribution >= 4 is 5.69 Å². The largest absolute Gasteiger partial charge is 0.364 e. The Kier molecular flexibility index (Phi) is 2.62. The normalized spacial score (nSPS) is 18.8. The lowest BCUT2D eigenvalue weighted by Gasteiger charge is -2.35. The van der Waals surface area contributed by atoms with Gasteiger partial charge < -0.3 is 9.47 Å². The lowest BCUT2D eigenvalue weighted by Crippen LogP contribution is -2.36. The molecular formula is C15H19N3. The maximum absolute atomic E-state index is 4.43. The van der Waals surface area contributed by atoms with E-state index in [0.29, 0.717) is 6.04 Å². The van der Waals surface area contributed by atoms with E-state index >= 15 is 0 Å². The molecule has 0 saturated carbocycles. The summed E-state index contributed by atoms with van der Waals surface area (Å²) in [7, 11) is 0. The molecule has 0 saturated heterocycles. The molecule has 0 N–H and O–H groups in total. The van der Waals surface area contributed by atoms with Gasteiger partial charge in [-0.1, -0.05) is 17.7 Å². The standard InChI is InChI=1S/C15H19N3/c1-11-4-6-14(7-5-11)17-9-12(2)18-13(3)16-8-15(18)10-17/h4-8,12H,9-10H2,1-3H3. The molecule has 2 aromatic rings. The molecule has 0 spiro atoms. The van der Waals surface area contributed by atoms with E-state index in [4.69, 9.17) is 0 Å². The fourth-order valence-electron chi connectivity index (χ4n) is 2.83. The Morgan fingerprint density at radius 3 is 2.61 bits per heavy atom. The van der Waals surface area contributed by atoms with E-state index in [9.17, 15) is 0 Å². The summed E-state index contributed by atoms with van der Waals surface area (Å²) < 4.78 is 2.35. The van der Waals surface area contributed by atoms with Crippen LogP contribution in [0.4, 0.5) is 5.69 Å². The molecule has 1 aromatic heterocycles. The summed E-state index contributed by atoms with van der Waals surface area (Å²) in [5, 5.41) is 0. The van der Waals surface area contributed by atoms with Gasteiger partial charge in [0, 0.05) is 18.3 Å². The molecule has 1 atom stereocenters. The molecule has 1 aliphatic rings. The van der Waals surface area contributed by atoms with Gasteiger partial charge >= 0.3 is 0 Å². The van der Waals surface area contributed by atoms with E-state index in [1.54, 1.807) is 0 Å². The maximum atomic E-state index is 4.43. The van der Waals surface area contributed by atoms with Gasteiger partial charge in [-0.2, -0.15) is 0 Å². The van der Waals surface area contributed by atoms with Gasteiger partial charge in [0.25, 0.3) is 0 Å². The molecule has 1 aromatic carbocycles. The lowest BCUT2D eigenvalue weighted by molar-refractivity contribution is 0.461. The number of imidazole rings is 1. The summed E-state index contributed by atoms with van der Waals surface area (Å²) >= 11 is 0. The molecule has 3 rings (SSSR count). The van der Waals surface area contributed by atoms with Gasteiger partial charge in [-0.05, 0) is 32.9 Å². The number of aryl methyl sites for hydroxylation is 2. The van der Waals surface area contributed by atoms with Crippen LogP contribution in [0.2, 0.25) is 0 Å². The van der Waals surface area contributed by atoms with Crippen molar-refractivity contribution in [2.24, 2.45) is 0 Å². The summed E-state index contributed by atoms with van der Waals surface area (Å²) in [6, 6.07) is 9.26. The van der Waals surface area contributed by atoms with Crippen LogP contribution in [-0.2, 0) is 6.54 Å². The Morgan fingerprint density at radius 2 is 1.89 bits per heavy atom. The summed E-state index contributed by atoms with van der Waals surface area (Å²) in [5.41, 5.74) is 3.93. The van der Waals surface area contributed by atoms with Gasteiger partial charge in [0.05, 0.1) is 18.4 Å². The molecular weight excluding hydrogens is 222 g/mol. The van der Waals surface area contributed by atoms with Crippen LogP contribution >= 0.6 is 0 Å².